The van der Waals surface area contributed by atoms with E-state index in [2.05, 4.69) is 44.5 Å². The minimum absolute atomic E-state index is 0.285. The first-order valence-electron chi connectivity index (χ1n) is 31.7. The van der Waals surface area contributed by atoms with Gasteiger partial charge in [-0.1, -0.05) is 85.5 Å². The normalized spacial score (nSPS) is 12.1. The second-order valence-corrected chi connectivity index (χ2v) is 20.3. The van der Waals surface area contributed by atoms with Gasteiger partial charge in [0.2, 0.25) is 0 Å². The van der Waals surface area contributed by atoms with Gasteiger partial charge in [-0.3, -0.25) is 4.79 Å². The van der Waals surface area contributed by atoms with Crippen LogP contribution < -0.4 is 25.4 Å². The topological polar surface area (TPSA) is 204 Å². The van der Waals surface area contributed by atoms with Crippen molar-refractivity contribution in [2.24, 2.45) is 5.41 Å². The number of hydrogen-bond acceptors (Lipinski definition) is 19. The molecule has 88 heavy (non-hydrogen) atoms. The number of aromatic nitrogens is 3. The number of ether oxygens (including phenoxy) is 13. The van der Waals surface area contributed by atoms with Crippen LogP contribution in [0.2, 0.25) is 19.0 Å². The van der Waals surface area contributed by atoms with E-state index in [9.17, 15) is 4.79 Å². The van der Waals surface area contributed by atoms with Crippen LogP contribution in [0.5, 0.6) is 11.5 Å². The van der Waals surface area contributed by atoms with Gasteiger partial charge in [0.25, 0.3) is 0 Å². The number of aryl methyl sites for hydroxylation is 1. The molecule has 3 N–H and O–H groups in total. The summed E-state index contributed by atoms with van der Waals surface area (Å²) in [6, 6.07) is 5.36. The maximum atomic E-state index is 12.2. The molecule has 0 aliphatic heterocycles. The zero-order valence-corrected chi connectivity index (χ0v) is 53.1. The lowest BCUT2D eigenvalue weighted by Gasteiger charge is -2.33. The average Bonchev–Trinajstić information content (AvgIpc) is 3.46. The predicted octanol–water partition coefficient (Wildman–Crippen LogP) is 7.96. The standard InChI is InChI=1S/C64H104B4N6O14/c1-2-19-63(75)88-61-22-21-59(53-68)52-62(61)87-39-18-20-60-54-74(73-72-60)32-43-82-47-51-86-58-64(55-83-48-44-79-40-29-69-26-9-3-12-33-76-36-15-6-23-65,56-84-49-45-80-41-30-70-27-10-4-13-34-77-37-16-7-24-66)57-85-50-46-81-42-31-71-28-11-5-14-35-78-38-17-8-25-67/h9-11,15-17,21-22,26-28,36-38,52,54,69-71H,2-8,12-14,18-20,23-25,29-35,39-51,53,55-58H2,1H3/b26-9+,27-10+,28-11+,36-15+,37-16+,38-17+. The molecule has 0 aliphatic rings. The fraction of sp³-hybridized carbons (Fsp3) is 0.672. The maximum Gasteiger partial charge on any atom is 0.311 e. The quantitative estimate of drug-likeness (QED) is 0.0189. The molecule has 0 unspecified atom stereocenters. The summed E-state index contributed by atoms with van der Waals surface area (Å²) in [4.78, 5) is 12.2. The van der Waals surface area contributed by atoms with Gasteiger partial charge >= 0.3 is 5.97 Å². The Balaban J connectivity index is 1.93. The van der Waals surface area contributed by atoms with Gasteiger partial charge in [-0.25, -0.2) is 4.68 Å². The zero-order chi connectivity index (χ0) is 63.0. The van der Waals surface area contributed by atoms with E-state index in [-0.39, 0.29) is 12.6 Å². The highest BCUT2D eigenvalue weighted by atomic mass is 16.6. The molecule has 486 valence electrons. The van der Waals surface area contributed by atoms with Gasteiger partial charge < -0.3 is 77.5 Å². The third kappa shape index (κ3) is 47.8. The van der Waals surface area contributed by atoms with Gasteiger partial charge in [-0.2, -0.15) is 0 Å². The SMILES string of the molecule is [B]CC/C=C/OCCC/C=C/NCCOCCOCC(COCCOCCN/C=C/CCCO/C=C/CC[B])(COCCOCCN/C=C/CCCO/C=C/CC[B])COCCOCCn1cc(CCCOc2cc(C[B])ccc2OC(=O)CCC)nn1. The Kier molecular flexibility index (Phi) is 54.4. The van der Waals surface area contributed by atoms with Crippen LogP contribution in [0.3, 0.4) is 0 Å². The maximum absolute atomic E-state index is 12.2. The molecule has 0 atom stereocenters. The average molecular weight is 1220 g/mol. The summed E-state index contributed by atoms with van der Waals surface area (Å²) in [5, 5.41) is 18.5. The number of hydrogen-bond donors (Lipinski definition) is 3. The molecule has 0 bridgehead atoms. The third-order valence-electron chi connectivity index (χ3n) is 12.3. The fourth-order valence-corrected chi connectivity index (χ4v) is 7.59. The molecule has 0 saturated carbocycles. The molecule has 1 heterocycles. The number of rotatable bonds is 65. The van der Waals surface area contributed by atoms with Crippen LogP contribution in [0, 0.1) is 5.41 Å². The van der Waals surface area contributed by atoms with Gasteiger partial charge in [0, 0.05) is 32.3 Å². The Bertz CT molecular complexity index is 1970. The van der Waals surface area contributed by atoms with E-state index < -0.39 is 5.41 Å². The second-order valence-electron chi connectivity index (χ2n) is 20.3. The van der Waals surface area contributed by atoms with Crippen molar-refractivity contribution in [3.8, 4) is 11.5 Å². The number of nitrogens with zero attached hydrogens (tertiary/aromatic N) is 3. The monoisotopic (exact) mass is 1220 g/mol. The summed E-state index contributed by atoms with van der Waals surface area (Å²) in [6.07, 6.45) is 37.5. The van der Waals surface area contributed by atoms with Crippen molar-refractivity contribution in [3.05, 3.63) is 109 Å². The molecule has 24 heteroatoms. The van der Waals surface area contributed by atoms with Crippen molar-refractivity contribution in [3.63, 3.8) is 0 Å². The van der Waals surface area contributed by atoms with E-state index in [4.69, 9.17) is 93.0 Å². The summed E-state index contributed by atoms with van der Waals surface area (Å²) in [7, 11) is 22.4. The largest absolute Gasteiger partial charge is 0.502 e. The summed E-state index contributed by atoms with van der Waals surface area (Å²) in [5.74, 6) is 0.574. The number of carbonyl (C=O) groups is 1. The molecule has 0 saturated heterocycles. The number of unbranched alkanes of at least 4 members (excludes halogenated alkanes) is 3. The summed E-state index contributed by atoms with van der Waals surface area (Å²) < 4.78 is 78.6. The number of nitrogens with one attached hydrogen (secondary N) is 3. The first-order chi connectivity index (χ1) is 43.5. The van der Waals surface area contributed by atoms with E-state index in [1.165, 1.54) is 0 Å². The lowest BCUT2D eigenvalue weighted by atomic mass is 9.92. The predicted molar refractivity (Wildman–Crippen MR) is 349 cm³/mol. The second kappa shape index (κ2) is 60.7. The van der Waals surface area contributed by atoms with Crippen LogP contribution in [0.25, 0.3) is 0 Å². The van der Waals surface area contributed by atoms with Crippen molar-refractivity contribution in [2.45, 2.75) is 122 Å². The fourth-order valence-electron chi connectivity index (χ4n) is 7.59. The highest BCUT2D eigenvalue weighted by Gasteiger charge is 2.33. The smallest absolute Gasteiger partial charge is 0.311 e. The first-order valence-corrected chi connectivity index (χ1v) is 31.7. The molecule has 0 amide bonds. The van der Waals surface area contributed by atoms with E-state index in [1.807, 2.05) is 62.1 Å². The van der Waals surface area contributed by atoms with Gasteiger partial charge in [-0.15, -0.1) is 5.10 Å². The molecular formula is C64H104B4N6O14. The highest BCUT2D eigenvalue weighted by Crippen LogP contribution is 2.29. The molecule has 20 nitrogen and oxygen atoms in total. The minimum atomic E-state index is -0.672. The van der Waals surface area contributed by atoms with Gasteiger partial charge in [0.1, 0.15) is 0 Å². The van der Waals surface area contributed by atoms with Gasteiger partial charge in [-0.05, 0) is 108 Å². The molecule has 8 radical (unpaired) electrons. The highest BCUT2D eigenvalue weighted by molar-refractivity contribution is 6.09. The lowest BCUT2D eigenvalue weighted by molar-refractivity contribution is -0.134. The summed E-state index contributed by atoms with van der Waals surface area (Å²) >= 11 is 0. The number of benzene rings is 1. The summed E-state index contributed by atoms with van der Waals surface area (Å²) in [6.45, 7) is 13.0. The lowest BCUT2D eigenvalue weighted by Crippen LogP contribution is -2.43. The molecule has 2 rings (SSSR count). The van der Waals surface area contributed by atoms with Crippen molar-refractivity contribution in [1.29, 1.82) is 0 Å². The van der Waals surface area contributed by atoms with Crippen LogP contribution in [0.4, 0.5) is 0 Å². The molecule has 0 fully saturated rings. The van der Waals surface area contributed by atoms with Crippen LogP contribution in [0.15, 0.2) is 98.2 Å². The molecule has 0 spiro atoms. The Morgan fingerprint density at radius 1 is 0.523 bits per heavy atom. The summed E-state index contributed by atoms with van der Waals surface area (Å²) in [5.41, 5.74) is 1.04. The number of carbonyl (C=O) groups excluding carboxylic acids is 1. The van der Waals surface area contributed by atoms with Crippen LogP contribution >= 0.6 is 0 Å². The van der Waals surface area contributed by atoms with Gasteiger partial charge in [0.05, 0.1) is 200 Å². The molecule has 1 aromatic carbocycles. The number of esters is 1. The van der Waals surface area contributed by atoms with Crippen LogP contribution in [-0.4, -0.2) is 204 Å². The van der Waals surface area contributed by atoms with E-state index in [0.717, 1.165) is 69.0 Å². The Hall–Kier alpha value is -5.19. The van der Waals surface area contributed by atoms with E-state index in [0.29, 0.717) is 214 Å². The Labute approximate surface area is 532 Å². The Morgan fingerprint density at radius 2 is 0.977 bits per heavy atom. The van der Waals surface area contributed by atoms with E-state index in [1.54, 1.807) is 29.5 Å². The minimum Gasteiger partial charge on any atom is -0.502 e. The van der Waals surface area contributed by atoms with Crippen LogP contribution in [0.1, 0.15) is 95.2 Å². The zero-order valence-electron chi connectivity index (χ0n) is 53.1. The molecule has 1 aromatic heterocycles. The van der Waals surface area contributed by atoms with Crippen molar-refractivity contribution >= 4 is 37.4 Å². The number of allylic oxidation sites excluding steroid dienone is 6. The van der Waals surface area contributed by atoms with Crippen molar-refractivity contribution in [1.82, 2.24) is 30.9 Å². The van der Waals surface area contributed by atoms with Crippen molar-refractivity contribution < 1.29 is 66.4 Å². The Morgan fingerprint density at radius 3 is 1.42 bits per heavy atom. The van der Waals surface area contributed by atoms with E-state index >= 15 is 0 Å². The molecule has 0 aliphatic carbocycles. The first kappa shape index (κ1) is 78.9. The van der Waals surface area contributed by atoms with Crippen LogP contribution in [-0.2, 0) is 76.2 Å². The molecule has 2 aromatic rings. The molecular weight excluding hydrogens is 1120 g/mol. The van der Waals surface area contributed by atoms with Crippen molar-refractivity contribution in [2.75, 3.05) is 152 Å². The van der Waals surface area contributed by atoms with Gasteiger partial charge in [0.15, 0.2) is 11.5 Å². The third-order valence-corrected chi connectivity index (χ3v) is 12.3.